The van der Waals surface area contributed by atoms with Gasteiger partial charge in [-0.2, -0.15) is 26.3 Å². The molecule has 0 aromatic carbocycles. The Morgan fingerprint density at radius 3 is 1.32 bits per heavy atom. The van der Waals surface area contributed by atoms with Crippen molar-refractivity contribution in [2.45, 2.75) is 58.8 Å². The average molecular weight is 385 g/mol. The van der Waals surface area contributed by atoms with Crippen LogP contribution in [-0.2, 0) is 9.05 Å². The number of rotatable bonds is 4. The molecule has 0 saturated heterocycles. The van der Waals surface area contributed by atoms with Crippen LogP contribution in [0.4, 0.5) is 26.3 Å². The molecule has 0 aliphatic carbocycles. The number of hydrogen-bond acceptors (Lipinski definition) is 3. The molecule has 0 fully saturated rings. The molecule has 140 valence electrons. The first-order chi connectivity index (χ1) is 9.12. The van der Waals surface area contributed by atoms with Crippen LogP contribution in [-0.4, -0.2) is 38.7 Å². The Kier molecular flexibility index (Phi) is 19.4. The van der Waals surface area contributed by atoms with Crippen LogP contribution in [0.2, 0.25) is 0 Å². The van der Waals surface area contributed by atoms with E-state index in [0.29, 0.717) is 6.42 Å². The maximum atomic E-state index is 11.2. The van der Waals surface area contributed by atoms with Gasteiger partial charge in [-0.3, -0.25) is 0 Å². The molecule has 0 radical (unpaired) electrons. The maximum absolute atomic E-state index is 11.2. The third kappa shape index (κ3) is 72.9. The first kappa shape index (κ1) is 29.7. The molecule has 0 amide bonds. The topological polar surface area (TPSA) is 54.4 Å². The molecule has 3 nitrogen and oxygen atoms in total. The van der Waals surface area contributed by atoms with Crippen LogP contribution in [0.3, 0.4) is 0 Å². The predicted molar refractivity (Wildman–Crippen MR) is 75.4 cm³/mol. The van der Waals surface area contributed by atoms with E-state index in [1.54, 1.807) is 6.92 Å². The minimum absolute atomic E-state index is 0. The Labute approximate surface area is 132 Å². The summed E-state index contributed by atoms with van der Waals surface area (Å²) in [7, 11) is 1.31. The first-order valence-electron chi connectivity index (χ1n) is 5.76. The second kappa shape index (κ2) is 14.4. The molecule has 0 heterocycles. The highest BCUT2D eigenvalue weighted by Gasteiger charge is 2.25. The molecule has 0 atom stereocenters. The zero-order valence-electron chi connectivity index (χ0n) is 11.6. The van der Waals surface area contributed by atoms with Crippen LogP contribution in [0.15, 0.2) is 0 Å². The number of aliphatic hydroxyl groups excluding tert-OH is 1. The smallest absolute Gasteiger partial charge is 0.389 e. The van der Waals surface area contributed by atoms with Crippen molar-refractivity contribution in [2.75, 3.05) is 12.9 Å². The van der Waals surface area contributed by atoms with Gasteiger partial charge in [0.25, 0.3) is 0 Å². The van der Waals surface area contributed by atoms with E-state index in [1.165, 1.54) is 0 Å². The van der Waals surface area contributed by atoms with E-state index in [9.17, 15) is 34.8 Å². The number of unbranched alkanes of at least 4 members (excludes halogenated alkanes) is 1. The molecule has 0 saturated carbocycles. The molecule has 0 aromatic rings. The van der Waals surface area contributed by atoms with Crippen molar-refractivity contribution in [1.29, 1.82) is 0 Å². The quantitative estimate of drug-likeness (QED) is 0.555. The molecular formula is C11H23ClF6O3S. The van der Waals surface area contributed by atoms with Crippen molar-refractivity contribution < 1.29 is 39.9 Å². The highest BCUT2D eigenvalue weighted by molar-refractivity contribution is 8.13. The fraction of sp³-hybridized carbons (Fsp3) is 1.00. The van der Waals surface area contributed by atoms with Gasteiger partial charge in [0.2, 0.25) is 9.05 Å². The Hall–Kier alpha value is -0.220. The van der Waals surface area contributed by atoms with E-state index in [0.717, 1.165) is 6.26 Å². The van der Waals surface area contributed by atoms with E-state index < -0.39 is 34.2 Å². The Balaban J connectivity index is -0.000000111. The largest absolute Gasteiger partial charge is 0.396 e. The molecule has 0 aromatic heterocycles. The van der Waals surface area contributed by atoms with Gasteiger partial charge in [0.05, 0.1) is 6.26 Å². The molecular weight excluding hydrogens is 362 g/mol. The summed E-state index contributed by atoms with van der Waals surface area (Å²) in [4.78, 5) is 0. The summed E-state index contributed by atoms with van der Waals surface area (Å²) in [5.74, 6) is 0. The average Bonchev–Trinajstić information content (AvgIpc) is 2.20. The second-order valence-electron chi connectivity index (χ2n) is 3.84. The van der Waals surface area contributed by atoms with Gasteiger partial charge in [-0.05, 0) is 12.8 Å². The fourth-order valence-electron chi connectivity index (χ4n) is 0.657. The zero-order chi connectivity index (χ0) is 17.7. The lowest BCUT2D eigenvalue weighted by molar-refractivity contribution is -0.137. The minimum Gasteiger partial charge on any atom is -0.396 e. The summed E-state index contributed by atoms with van der Waals surface area (Å²) in [5, 5.41) is 7.93. The lowest BCUT2D eigenvalue weighted by Gasteiger charge is -2.02. The van der Waals surface area contributed by atoms with Gasteiger partial charge in [0.15, 0.2) is 0 Å². The van der Waals surface area contributed by atoms with Crippen molar-refractivity contribution in [3.63, 3.8) is 0 Å². The lowest BCUT2D eigenvalue weighted by atomic mass is 10.2. The summed E-state index contributed by atoms with van der Waals surface area (Å²) in [6.07, 6.45) is -7.98. The van der Waals surface area contributed by atoms with E-state index >= 15 is 0 Å². The summed E-state index contributed by atoms with van der Waals surface area (Å²) in [6, 6.07) is 0. The Bertz CT molecular complexity index is 302. The monoisotopic (exact) mass is 384 g/mol. The molecule has 0 rings (SSSR count). The number of alkyl halides is 6. The molecule has 0 spiro atoms. The fourth-order valence-corrected chi connectivity index (χ4v) is 0.657. The van der Waals surface area contributed by atoms with Crippen molar-refractivity contribution in [3.8, 4) is 0 Å². The zero-order valence-corrected chi connectivity index (χ0v) is 13.1. The van der Waals surface area contributed by atoms with Crippen molar-refractivity contribution in [2.24, 2.45) is 0 Å². The minimum atomic E-state index is -4.11. The van der Waals surface area contributed by atoms with Gasteiger partial charge in [0, 0.05) is 30.1 Å². The molecule has 0 aliphatic rings. The number of aliphatic hydroxyl groups is 1. The molecule has 1 N–H and O–H groups in total. The molecule has 11 heteroatoms. The van der Waals surface area contributed by atoms with E-state index in [4.69, 9.17) is 5.11 Å². The van der Waals surface area contributed by atoms with Crippen LogP contribution in [0.25, 0.3) is 0 Å². The van der Waals surface area contributed by atoms with Gasteiger partial charge >= 0.3 is 12.4 Å². The molecule has 0 unspecified atom stereocenters. The summed E-state index contributed by atoms with van der Waals surface area (Å²) in [5.41, 5.74) is 0. The number of hydrogen-bond donors (Lipinski definition) is 1. The van der Waals surface area contributed by atoms with E-state index in [1.807, 2.05) is 0 Å². The van der Waals surface area contributed by atoms with Crippen LogP contribution in [0.1, 0.15) is 46.5 Å². The third-order valence-corrected chi connectivity index (χ3v) is 1.43. The van der Waals surface area contributed by atoms with Gasteiger partial charge in [-0.25, -0.2) is 8.42 Å². The predicted octanol–water partition coefficient (Wildman–Crippen LogP) is 4.88. The van der Waals surface area contributed by atoms with Crippen LogP contribution >= 0.6 is 10.7 Å². The highest BCUT2D eigenvalue weighted by Crippen LogP contribution is 2.21. The Morgan fingerprint density at radius 1 is 0.955 bits per heavy atom. The van der Waals surface area contributed by atoms with Gasteiger partial charge in [0.1, 0.15) is 0 Å². The molecule has 22 heavy (non-hydrogen) atoms. The van der Waals surface area contributed by atoms with Crippen LogP contribution < -0.4 is 0 Å². The van der Waals surface area contributed by atoms with Crippen molar-refractivity contribution in [3.05, 3.63) is 0 Å². The van der Waals surface area contributed by atoms with E-state index in [-0.39, 0.29) is 26.9 Å². The maximum Gasteiger partial charge on any atom is 0.389 e. The summed E-state index contributed by atoms with van der Waals surface area (Å²) >= 11 is 0. The lowest BCUT2D eigenvalue weighted by Crippen LogP contribution is -2.07. The van der Waals surface area contributed by atoms with Crippen molar-refractivity contribution >= 4 is 19.7 Å². The van der Waals surface area contributed by atoms with Gasteiger partial charge < -0.3 is 5.11 Å². The van der Waals surface area contributed by atoms with Crippen LogP contribution in [0.5, 0.6) is 0 Å². The molecule has 0 aliphatic heterocycles. The normalized spacial score (nSPS) is 11.4. The first-order valence-corrected chi connectivity index (χ1v) is 8.48. The van der Waals surface area contributed by atoms with Gasteiger partial charge in [-0.15, -0.1) is 0 Å². The van der Waals surface area contributed by atoms with Crippen LogP contribution in [0, 0.1) is 0 Å². The van der Waals surface area contributed by atoms with Gasteiger partial charge in [-0.1, -0.05) is 20.8 Å². The standard InChI is InChI=1S/C5H9F3.C4H7F3O.CH3ClO2S.CH4/c1-2-3-4-5(6,7)8;5-4(6,7)2-1-3-8;1-5(2,3)4;/h2-4H2,1H3;8H,1-3H2;1H3;1H4. The summed E-state index contributed by atoms with van der Waals surface area (Å²) < 4.78 is 85.9. The Morgan fingerprint density at radius 2 is 1.23 bits per heavy atom. The third-order valence-electron chi connectivity index (χ3n) is 1.43. The summed E-state index contributed by atoms with van der Waals surface area (Å²) in [6.45, 7) is 1.35. The van der Waals surface area contributed by atoms with E-state index in [2.05, 4.69) is 10.7 Å². The highest BCUT2D eigenvalue weighted by atomic mass is 35.7. The number of halogens is 7. The second-order valence-corrected chi connectivity index (χ2v) is 6.89. The molecule has 0 bridgehead atoms. The SMILES string of the molecule is C.CCCCC(F)(F)F.CS(=O)(=O)Cl.OCCCC(F)(F)F. The van der Waals surface area contributed by atoms with Crippen molar-refractivity contribution in [1.82, 2.24) is 0 Å².